The number of unbranched alkanes of at least 4 members (excludes halogenated alkanes) is 1. The number of hydrogen-bond acceptors (Lipinski definition) is 2. The first kappa shape index (κ1) is 19.9. The fourth-order valence-electron chi connectivity index (χ4n) is 3.34. The molecular weight excluding hydrogens is 282 g/mol. The summed E-state index contributed by atoms with van der Waals surface area (Å²) in [5, 5.41) is 18.2. The maximum absolute atomic E-state index is 10.7. The molecule has 0 bridgehead atoms. The topological polar surface area (TPSA) is 44.1 Å². The maximum Gasteiger partial charge on any atom is 0.0650 e. The zero-order valence-electron chi connectivity index (χ0n) is 15.3. The van der Waals surface area contributed by atoms with Crippen LogP contribution in [0.5, 0.6) is 0 Å². The molecule has 2 N–H and O–H groups in total. The number of aliphatic hydroxyl groups is 1. The van der Waals surface area contributed by atoms with E-state index in [1.807, 2.05) is 6.92 Å². The third-order valence-electron chi connectivity index (χ3n) is 4.57. The van der Waals surface area contributed by atoms with Crippen molar-refractivity contribution >= 4 is 5.71 Å². The third-order valence-corrected chi connectivity index (χ3v) is 4.57. The summed E-state index contributed by atoms with van der Waals surface area (Å²) in [6.07, 6.45) is 9.99. The maximum atomic E-state index is 10.7. The molecule has 0 aliphatic heterocycles. The molecule has 130 valence electrons. The lowest BCUT2D eigenvalue weighted by atomic mass is 9.86. The van der Waals surface area contributed by atoms with Crippen LogP contribution in [0.2, 0.25) is 0 Å². The molecule has 0 aliphatic carbocycles. The van der Waals surface area contributed by atoms with Crippen molar-refractivity contribution in [2.75, 3.05) is 0 Å². The Morgan fingerprint density at radius 2 is 1.61 bits per heavy atom. The van der Waals surface area contributed by atoms with Gasteiger partial charge in [0.15, 0.2) is 0 Å². The van der Waals surface area contributed by atoms with Crippen LogP contribution in [-0.4, -0.2) is 16.4 Å². The van der Waals surface area contributed by atoms with Crippen LogP contribution in [0.3, 0.4) is 0 Å². The molecule has 0 saturated heterocycles. The second kappa shape index (κ2) is 10.6. The molecule has 1 aromatic carbocycles. The van der Waals surface area contributed by atoms with Crippen molar-refractivity contribution in [3.8, 4) is 0 Å². The van der Waals surface area contributed by atoms with Crippen LogP contribution in [-0.2, 0) is 12.8 Å². The first-order valence-electron chi connectivity index (χ1n) is 9.33. The SMILES string of the molecule is CCCC(O)(CCC)CCc1cccc(CCCCC(C)=N)c1. The Labute approximate surface area is 142 Å². The first-order valence-corrected chi connectivity index (χ1v) is 9.33. The Kier molecular flexibility index (Phi) is 9.16. The molecule has 0 amide bonds. The van der Waals surface area contributed by atoms with E-state index in [1.54, 1.807) is 0 Å². The molecule has 0 heterocycles. The van der Waals surface area contributed by atoms with E-state index in [-0.39, 0.29) is 0 Å². The lowest BCUT2D eigenvalue weighted by Crippen LogP contribution is -2.28. The van der Waals surface area contributed by atoms with Crippen molar-refractivity contribution in [1.82, 2.24) is 0 Å². The Morgan fingerprint density at radius 1 is 1.00 bits per heavy atom. The van der Waals surface area contributed by atoms with E-state index in [1.165, 1.54) is 11.1 Å². The van der Waals surface area contributed by atoms with Crippen LogP contribution in [0, 0.1) is 5.41 Å². The molecule has 0 aliphatic rings. The van der Waals surface area contributed by atoms with Crippen LogP contribution in [0.1, 0.15) is 83.3 Å². The number of benzene rings is 1. The number of aryl methyl sites for hydroxylation is 2. The second-order valence-electron chi connectivity index (χ2n) is 7.03. The van der Waals surface area contributed by atoms with Gasteiger partial charge in [0.25, 0.3) is 0 Å². The highest BCUT2D eigenvalue weighted by atomic mass is 16.3. The summed E-state index contributed by atoms with van der Waals surface area (Å²) in [6, 6.07) is 8.83. The third kappa shape index (κ3) is 8.31. The molecule has 0 saturated carbocycles. The molecule has 1 aromatic rings. The molecule has 0 fully saturated rings. The van der Waals surface area contributed by atoms with E-state index in [2.05, 4.69) is 38.1 Å². The molecule has 0 radical (unpaired) electrons. The minimum Gasteiger partial charge on any atom is -0.390 e. The van der Waals surface area contributed by atoms with Gasteiger partial charge in [-0.25, -0.2) is 0 Å². The van der Waals surface area contributed by atoms with Gasteiger partial charge in [-0.15, -0.1) is 0 Å². The van der Waals surface area contributed by atoms with E-state index >= 15 is 0 Å². The summed E-state index contributed by atoms with van der Waals surface area (Å²) in [7, 11) is 0. The summed E-state index contributed by atoms with van der Waals surface area (Å²) in [5.41, 5.74) is 3.03. The Hall–Kier alpha value is -1.15. The number of hydrogen-bond donors (Lipinski definition) is 2. The smallest absolute Gasteiger partial charge is 0.0650 e. The summed E-state index contributed by atoms with van der Waals surface area (Å²) in [6.45, 7) is 6.18. The van der Waals surface area contributed by atoms with Crippen molar-refractivity contribution in [2.24, 2.45) is 0 Å². The fraction of sp³-hybridized carbons (Fsp3) is 0.667. The predicted molar refractivity (Wildman–Crippen MR) is 100 cm³/mol. The Balaban J connectivity index is 2.50. The molecule has 0 atom stereocenters. The van der Waals surface area contributed by atoms with Gasteiger partial charge in [-0.2, -0.15) is 0 Å². The summed E-state index contributed by atoms with van der Waals surface area (Å²) in [4.78, 5) is 0. The molecule has 23 heavy (non-hydrogen) atoms. The zero-order valence-corrected chi connectivity index (χ0v) is 15.3. The summed E-state index contributed by atoms with van der Waals surface area (Å²) in [5.74, 6) is 0. The molecular formula is C21H35NO. The van der Waals surface area contributed by atoms with Crippen molar-refractivity contribution in [2.45, 2.75) is 90.6 Å². The van der Waals surface area contributed by atoms with Crippen LogP contribution in [0.4, 0.5) is 0 Å². The van der Waals surface area contributed by atoms with Gasteiger partial charge in [0.2, 0.25) is 0 Å². The highest BCUT2D eigenvalue weighted by molar-refractivity contribution is 5.78. The highest BCUT2D eigenvalue weighted by Crippen LogP contribution is 2.25. The van der Waals surface area contributed by atoms with Crippen LogP contribution < -0.4 is 0 Å². The van der Waals surface area contributed by atoms with Gasteiger partial charge in [-0.1, -0.05) is 51.0 Å². The Morgan fingerprint density at radius 3 is 2.17 bits per heavy atom. The monoisotopic (exact) mass is 317 g/mol. The standard InChI is InChI=1S/C21H35NO/c1-4-14-21(23,15-5-2)16-13-20-12-8-11-19(17-20)10-7-6-9-18(3)22/h8,11-12,17,22-23H,4-7,9-10,13-16H2,1-3H3. The predicted octanol–water partition coefficient (Wildman–Crippen LogP) is 5.70. The van der Waals surface area contributed by atoms with Crippen LogP contribution >= 0.6 is 0 Å². The van der Waals surface area contributed by atoms with E-state index in [4.69, 9.17) is 5.41 Å². The Bertz CT molecular complexity index is 461. The van der Waals surface area contributed by atoms with E-state index in [9.17, 15) is 5.11 Å². The lowest BCUT2D eigenvalue weighted by molar-refractivity contribution is 0.0132. The van der Waals surface area contributed by atoms with Gasteiger partial charge in [0, 0.05) is 5.71 Å². The van der Waals surface area contributed by atoms with E-state index in [0.29, 0.717) is 0 Å². The minimum absolute atomic E-state index is 0.485. The van der Waals surface area contributed by atoms with Gasteiger partial charge in [0.1, 0.15) is 0 Å². The van der Waals surface area contributed by atoms with Crippen molar-refractivity contribution in [3.05, 3.63) is 35.4 Å². The molecule has 1 rings (SSSR count). The molecule has 2 nitrogen and oxygen atoms in total. The van der Waals surface area contributed by atoms with Gasteiger partial charge in [0.05, 0.1) is 5.60 Å². The number of nitrogens with one attached hydrogen (secondary N) is 1. The van der Waals surface area contributed by atoms with Crippen LogP contribution in [0.15, 0.2) is 24.3 Å². The first-order chi connectivity index (χ1) is 11.0. The quantitative estimate of drug-likeness (QED) is 0.377. The van der Waals surface area contributed by atoms with Gasteiger partial charge >= 0.3 is 0 Å². The summed E-state index contributed by atoms with van der Waals surface area (Å²) < 4.78 is 0. The largest absolute Gasteiger partial charge is 0.390 e. The average Bonchev–Trinajstić information content (AvgIpc) is 2.51. The van der Waals surface area contributed by atoms with E-state index < -0.39 is 5.60 Å². The minimum atomic E-state index is -0.485. The van der Waals surface area contributed by atoms with Crippen molar-refractivity contribution in [1.29, 1.82) is 5.41 Å². The fourth-order valence-corrected chi connectivity index (χ4v) is 3.34. The van der Waals surface area contributed by atoms with Crippen molar-refractivity contribution < 1.29 is 5.11 Å². The summed E-state index contributed by atoms with van der Waals surface area (Å²) >= 11 is 0. The molecule has 0 spiro atoms. The van der Waals surface area contributed by atoms with Gasteiger partial charge in [-0.05, 0) is 69.4 Å². The van der Waals surface area contributed by atoms with Gasteiger partial charge in [-0.3, -0.25) is 0 Å². The zero-order chi connectivity index (χ0) is 17.1. The second-order valence-corrected chi connectivity index (χ2v) is 7.03. The van der Waals surface area contributed by atoms with E-state index in [0.717, 1.165) is 69.9 Å². The van der Waals surface area contributed by atoms with Gasteiger partial charge < -0.3 is 10.5 Å². The lowest BCUT2D eigenvalue weighted by Gasteiger charge is -2.27. The average molecular weight is 318 g/mol. The highest BCUT2D eigenvalue weighted by Gasteiger charge is 2.24. The van der Waals surface area contributed by atoms with Crippen LogP contribution in [0.25, 0.3) is 0 Å². The normalized spacial score (nSPS) is 11.7. The molecule has 0 aromatic heterocycles. The van der Waals surface area contributed by atoms with Crippen molar-refractivity contribution in [3.63, 3.8) is 0 Å². The molecule has 2 heteroatoms. The molecule has 0 unspecified atom stereocenters. The number of rotatable bonds is 12.